The highest BCUT2D eigenvalue weighted by Crippen LogP contribution is 2.18. The first-order valence-electron chi connectivity index (χ1n) is 6.95. The highest BCUT2D eigenvalue weighted by atomic mass is 16.5. The first kappa shape index (κ1) is 14.0. The minimum atomic E-state index is -0.0848. The Labute approximate surface area is 128 Å². The van der Waals surface area contributed by atoms with Gasteiger partial charge < -0.3 is 9.84 Å². The number of nitrogens with zero attached hydrogens (tertiary/aromatic N) is 2. The minimum absolute atomic E-state index is 0.0848. The van der Waals surface area contributed by atoms with Crippen LogP contribution in [-0.4, -0.2) is 16.0 Å². The van der Waals surface area contributed by atoms with Crippen LogP contribution in [0.2, 0.25) is 0 Å². The van der Waals surface area contributed by atoms with Gasteiger partial charge in [0.25, 0.3) is 5.89 Å². The molecule has 3 aromatic rings. The Morgan fingerprint density at radius 2 is 1.82 bits per heavy atom. The molecule has 0 unspecified atom stereocenters. The molecule has 3 rings (SSSR count). The van der Waals surface area contributed by atoms with Crippen molar-refractivity contribution in [2.24, 2.45) is 0 Å². The van der Waals surface area contributed by atoms with E-state index in [9.17, 15) is 4.79 Å². The maximum Gasteiger partial charge on any atom is 0.257 e. The van der Waals surface area contributed by atoms with Gasteiger partial charge in [0.2, 0.25) is 5.91 Å². The van der Waals surface area contributed by atoms with Crippen LogP contribution in [0.1, 0.15) is 18.3 Å². The maximum atomic E-state index is 11.0. The van der Waals surface area contributed by atoms with Gasteiger partial charge in [0, 0.05) is 24.6 Å². The van der Waals surface area contributed by atoms with Crippen molar-refractivity contribution in [1.29, 1.82) is 0 Å². The first-order valence-corrected chi connectivity index (χ1v) is 6.95. The first-order chi connectivity index (χ1) is 10.7. The van der Waals surface area contributed by atoms with Crippen LogP contribution >= 0.6 is 0 Å². The summed E-state index contributed by atoms with van der Waals surface area (Å²) >= 11 is 0. The largest absolute Gasteiger partial charge is 0.334 e. The number of amides is 1. The van der Waals surface area contributed by atoms with Gasteiger partial charge in [-0.3, -0.25) is 4.79 Å². The highest BCUT2D eigenvalue weighted by molar-refractivity contribution is 5.88. The Kier molecular flexibility index (Phi) is 3.96. The summed E-state index contributed by atoms with van der Waals surface area (Å²) in [5, 5.41) is 6.74. The molecule has 5 heteroatoms. The Hall–Kier alpha value is -2.95. The predicted octanol–water partition coefficient (Wildman–Crippen LogP) is 3.29. The third-order valence-electron chi connectivity index (χ3n) is 3.13. The molecule has 110 valence electrons. The monoisotopic (exact) mass is 293 g/mol. The van der Waals surface area contributed by atoms with Crippen LogP contribution in [0.15, 0.2) is 59.1 Å². The van der Waals surface area contributed by atoms with Crippen molar-refractivity contribution >= 4 is 11.6 Å². The van der Waals surface area contributed by atoms with Crippen LogP contribution in [-0.2, 0) is 11.2 Å². The fourth-order valence-corrected chi connectivity index (χ4v) is 2.12. The van der Waals surface area contributed by atoms with Gasteiger partial charge in [0.05, 0.1) is 0 Å². The molecule has 1 amide bonds. The van der Waals surface area contributed by atoms with Crippen LogP contribution in [0.5, 0.6) is 0 Å². The van der Waals surface area contributed by atoms with Crippen molar-refractivity contribution in [1.82, 2.24) is 10.1 Å². The van der Waals surface area contributed by atoms with Crippen molar-refractivity contribution in [3.8, 4) is 11.5 Å². The summed E-state index contributed by atoms with van der Waals surface area (Å²) in [5.74, 6) is 1.06. The quantitative estimate of drug-likeness (QED) is 0.801. The van der Waals surface area contributed by atoms with E-state index in [0.717, 1.165) is 16.8 Å². The number of hydrogen-bond donors (Lipinski definition) is 1. The van der Waals surface area contributed by atoms with E-state index >= 15 is 0 Å². The molecular formula is C17H15N3O2. The smallest absolute Gasteiger partial charge is 0.257 e. The van der Waals surface area contributed by atoms with E-state index in [1.54, 1.807) is 0 Å². The summed E-state index contributed by atoms with van der Waals surface area (Å²) < 4.78 is 5.28. The van der Waals surface area contributed by atoms with Crippen LogP contribution in [0.3, 0.4) is 0 Å². The fourth-order valence-electron chi connectivity index (χ4n) is 2.12. The molecule has 22 heavy (non-hydrogen) atoms. The number of anilines is 1. The third kappa shape index (κ3) is 3.38. The molecule has 1 aromatic heterocycles. The lowest BCUT2D eigenvalue weighted by molar-refractivity contribution is -0.114. The second-order valence-corrected chi connectivity index (χ2v) is 4.94. The van der Waals surface area contributed by atoms with Crippen molar-refractivity contribution in [2.75, 3.05) is 5.32 Å². The van der Waals surface area contributed by atoms with Gasteiger partial charge in [-0.25, -0.2) is 0 Å². The summed E-state index contributed by atoms with van der Waals surface area (Å²) in [6.07, 6.45) is 0.580. The van der Waals surface area contributed by atoms with E-state index < -0.39 is 0 Å². The van der Waals surface area contributed by atoms with Crippen LogP contribution in [0.4, 0.5) is 5.69 Å². The molecule has 0 atom stereocenters. The van der Waals surface area contributed by atoms with Gasteiger partial charge in [-0.2, -0.15) is 4.98 Å². The van der Waals surface area contributed by atoms with E-state index in [1.165, 1.54) is 6.92 Å². The molecular weight excluding hydrogens is 278 g/mol. The number of rotatable bonds is 4. The molecule has 5 nitrogen and oxygen atoms in total. The molecule has 0 aliphatic heterocycles. The molecule has 0 saturated carbocycles. The number of aromatic nitrogens is 2. The second-order valence-electron chi connectivity index (χ2n) is 4.94. The molecule has 0 fully saturated rings. The van der Waals surface area contributed by atoms with Gasteiger partial charge in [-0.15, -0.1) is 0 Å². The SMILES string of the molecule is CC(=O)Nc1ccc(Cc2noc(-c3ccccc3)n2)cc1. The Bertz CT molecular complexity index is 764. The maximum absolute atomic E-state index is 11.0. The summed E-state index contributed by atoms with van der Waals surface area (Å²) in [7, 11) is 0. The van der Waals surface area contributed by atoms with Crippen molar-refractivity contribution in [2.45, 2.75) is 13.3 Å². The Balaban J connectivity index is 1.71. The minimum Gasteiger partial charge on any atom is -0.334 e. The predicted molar refractivity (Wildman–Crippen MR) is 83.3 cm³/mol. The molecule has 2 aromatic carbocycles. The highest BCUT2D eigenvalue weighted by Gasteiger charge is 2.09. The second kappa shape index (κ2) is 6.22. The molecule has 0 saturated heterocycles. The van der Waals surface area contributed by atoms with Gasteiger partial charge in [0.1, 0.15) is 0 Å². The van der Waals surface area contributed by atoms with Gasteiger partial charge >= 0.3 is 0 Å². The zero-order valence-electron chi connectivity index (χ0n) is 12.1. The van der Waals surface area contributed by atoms with Crippen molar-refractivity contribution < 1.29 is 9.32 Å². The molecule has 0 bridgehead atoms. The lowest BCUT2D eigenvalue weighted by Gasteiger charge is -2.02. The Morgan fingerprint density at radius 3 is 2.50 bits per heavy atom. The molecule has 0 radical (unpaired) electrons. The third-order valence-corrected chi connectivity index (χ3v) is 3.13. The molecule has 0 aliphatic carbocycles. The van der Waals surface area contributed by atoms with Crippen LogP contribution in [0.25, 0.3) is 11.5 Å². The molecule has 0 spiro atoms. The van der Waals surface area contributed by atoms with Crippen molar-refractivity contribution in [3.05, 3.63) is 66.0 Å². The van der Waals surface area contributed by atoms with E-state index in [4.69, 9.17) is 4.52 Å². The lowest BCUT2D eigenvalue weighted by atomic mass is 10.1. The van der Waals surface area contributed by atoms with Gasteiger partial charge in [-0.05, 0) is 29.8 Å². The van der Waals surface area contributed by atoms with Crippen LogP contribution in [0, 0.1) is 0 Å². The van der Waals surface area contributed by atoms with Crippen molar-refractivity contribution in [3.63, 3.8) is 0 Å². The lowest BCUT2D eigenvalue weighted by Crippen LogP contribution is -2.05. The Morgan fingerprint density at radius 1 is 1.09 bits per heavy atom. The summed E-state index contributed by atoms with van der Waals surface area (Å²) in [4.78, 5) is 15.4. The molecule has 1 heterocycles. The topological polar surface area (TPSA) is 68.0 Å². The number of hydrogen-bond acceptors (Lipinski definition) is 4. The summed E-state index contributed by atoms with van der Waals surface area (Å²) in [6.45, 7) is 1.48. The van der Waals surface area contributed by atoms with E-state index in [2.05, 4.69) is 15.5 Å². The average Bonchev–Trinajstić information content (AvgIpc) is 2.98. The summed E-state index contributed by atoms with van der Waals surface area (Å²) in [5.41, 5.74) is 2.73. The molecule has 1 N–H and O–H groups in total. The standard InChI is InChI=1S/C17H15N3O2/c1-12(21)18-15-9-7-13(8-10-15)11-16-19-17(22-20-16)14-5-3-2-4-6-14/h2-10H,11H2,1H3,(H,18,21). The zero-order valence-corrected chi connectivity index (χ0v) is 12.1. The number of benzene rings is 2. The molecule has 0 aliphatic rings. The van der Waals surface area contributed by atoms with E-state index in [0.29, 0.717) is 18.1 Å². The average molecular weight is 293 g/mol. The number of carbonyl (C=O) groups is 1. The normalized spacial score (nSPS) is 10.4. The van der Waals surface area contributed by atoms with Gasteiger partial charge in [-0.1, -0.05) is 35.5 Å². The van der Waals surface area contributed by atoms with Crippen LogP contribution < -0.4 is 5.32 Å². The zero-order chi connectivity index (χ0) is 15.4. The van der Waals surface area contributed by atoms with E-state index in [1.807, 2.05) is 54.6 Å². The number of nitrogens with one attached hydrogen (secondary N) is 1. The fraction of sp³-hybridized carbons (Fsp3) is 0.118. The van der Waals surface area contributed by atoms with Gasteiger partial charge in [0.15, 0.2) is 5.82 Å². The number of carbonyl (C=O) groups excluding carboxylic acids is 1. The van der Waals surface area contributed by atoms with E-state index in [-0.39, 0.29) is 5.91 Å². The summed E-state index contributed by atoms with van der Waals surface area (Å²) in [6, 6.07) is 17.2.